The average molecular weight is 257 g/mol. The van der Waals surface area contributed by atoms with Crippen LogP contribution in [0.5, 0.6) is 0 Å². The number of esters is 1. The van der Waals surface area contributed by atoms with Crippen molar-refractivity contribution < 1.29 is 19.1 Å². The van der Waals surface area contributed by atoms with Crippen LogP contribution in [-0.2, 0) is 14.3 Å². The summed E-state index contributed by atoms with van der Waals surface area (Å²) in [6.07, 6.45) is 2.48. The Hall–Kier alpha value is -1.63. The summed E-state index contributed by atoms with van der Waals surface area (Å²) in [5.74, 6) is -0.855. The lowest BCUT2D eigenvalue weighted by Crippen LogP contribution is -2.55. The van der Waals surface area contributed by atoms with Crippen molar-refractivity contribution in [2.75, 3.05) is 13.7 Å². The summed E-state index contributed by atoms with van der Waals surface area (Å²) in [5.41, 5.74) is 4.90. The molecule has 1 unspecified atom stereocenters. The van der Waals surface area contributed by atoms with E-state index in [0.29, 0.717) is 13.0 Å². The standard InChI is InChI=1S/C11H19N3O4/c1-7(9(15)13-11(12)17)14-6-4-3-5-8(14)10(16)18-2/h7-8H,3-6H2,1-2H3,(H3,12,13,15,17)/t7?,8-/m1/s1. The molecule has 1 saturated heterocycles. The third kappa shape index (κ3) is 3.43. The summed E-state index contributed by atoms with van der Waals surface area (Å²) < 4.78 is 4.73. The van der Waals surface area contributed by atoms with Crippen LogP contribution in [0.15, 0.2) is 0 Å². The highest BCUT2D eigenvalue weighted by molar-refractivity contribution is 5.96. The number of ether oxygens (including phenoxy) is 1. The number of carbonyl (C=O) groups is 3. The van der Waals surface area contributed by atoms with E-state index >= 15 is 0 Å². The minimum absolute atomic E-state index is 0.353. The van der Waals surface area contributed by atoms with E-state index in [4.69, 9.17) is 10.5 Å². The molecule has 3 amide bonds. The van der Waals surface area contributed by atoms with Gasteiger partial charge in [0.2, 0.25) is 5.91 Å². The zero-order valence-corrected chi connectivity index (χ0v) is 10.6. The third-order valence-electron chi connectivity index (χ3n) is 3.14. The van der Waals surface area contributed by atoms with E-state index in [1.54, 1.807) is 11.8 Å². The molecule has 2 atom stereocenters. The number of urea groups is 1. The van der Waals surface area contributed by atoms with Crippen LogP contribution in [0.3, 0.4) is 0 Å². The Labute approximate surface area is 106 Å². The first kappa shape index (κ1) is 14.4. The van der Waals surface area contributed by atoms with Gasteiger partial charge in [-0.3, -0.25) is 19.8 Å². The number of nitrogens with one attached hydrogen (secondary N) is 1. The summed E-state index contributed by atoms with van der Waals surface area (Å²) >= 11 is 0. The molecule has 1 aliphatic rings. The molecule has 0 saturated carbocycles. The van der Waals surface area contributed by atoms with E-state index in [0.717, 1.165) is 12.8 Å². The lowest BCUT2D eigenvalue weighted by molar-refractivity contribution is -0.150. The normalized spacial score (nSPS) is 22.0. The predicted octanol–water partition coefficient (Wildman–Crippen LogP) is -0.403. The number of likely N-dealkylation sites (tertiary alicyclic amines) is 1. The Morgan fingerprint density at radius 3 is 2.61 bits per heavy atom. The number of nitrogens with zero attached hydrogens (tertiary/aromatic N) is 1. The molecule has 0 radical (unpaired) electrons. The molecular weight excluding hydrogens is 238 g/mol. The van der Waals surface area contributed by atoms with E-state index in [-0.39, 0.29) is 5.97 Å². The van der Waals surface area contributed by atoms with E-state index in [1.807, 2.05) is 5.32 Å². The second-order valence-electron chi connectivity index (χ2n) is 4.30. The van der Waals surface area contributed by atoms with Crippen LogP contribution < -0.4 is 11.1 Å². The fraction of sp³-hybridized carbons (Fsp3) is 0.727. The Morgan fingerprint density at radius 1 is 1.39 bits per heavy atom. The van der Waals surface area contributed by atoms with Crippen molar-refractivity contribution in [1.82, 2.24) is 10.2 Å². The highest BCUT2D eigenvalue weighted by Crippen LogP contribution is 2.20. The van der Waals surface area contributed by atoms with Crippen LogP contribution in [0.1, 0.15) is 26.2 Å². The van der Waals surface area contributed by atoms with E-state index < -0.39 is 24.0 Å². The van der Waals surface area contributed by atoms with Gasteiger partial charge in [0.25, 0.3) is 0 Å². The topological polar surface area (TPSA) is 102 Å². The van der Waals surface area contributed by atoms with Gasteiger partial charge in [-0.05, 0) is 26.3 Å². The SMILES string of the molecule is COC(=O)[C@H]1CCCCN1C(C)C(=O)NC(N)=O. The monoisotopic (exact) mass is 257 g/mol. The fourth-order valence-electron chi connectivity index (χ4n) is 2.18. The number of nitrogens with two attached hydrogens (primary N) is 1. The molecule has 0 aromatic rings. The number of primary amides is 1. The number of hydrogen-bond acceptors (Lipinski definition) is 5. The Kier molecular flexibility index (Phi) is 5.08. The van der Waals surface area contributed by atoms with Gasteiger partial charge in [-0.15, -0.1) is 0 Å². The quantitative estimate of drug-likeness (QED) is 0.670. The molecule has 0 aliphatic carbocycles. The zero-order chi connectivity index (χ0) is 13.7. The summed E-state index contributed by atoms with van der Waals surface area (Å²) in [6, 6.07) is -1.92. The minimum atomic E-state index is -0.890. The van der Waals surface area contributed by atoms with Crippen LogP contribution in [0.4, 0.5) is 4.79 Å². The summed E-state index contributed by atoms with van der Waals surface area (Å²) in [5, 5.41) is 2.02. The van der Waals surface area contributed by atoms with Gasteiger partial charge in [0, 0.05) is 0 Å². The number of piperidine rings is 1. The van der Waals surface area contributed by atoms with Crippen molar-refractivity contribution in [3.05, 3.63) is 0 Å². The Morgan fingerprint density at radius 2 is 2.06 bits per heavy atom. The molecule has 102 valence electrons. The van der Waals surface area contributed by atoms with Crippen molar-refractivity contribution >= 4 is 17.9 Å². The number of amides is 3. The maximum absolute atomic E-state index is 11.7. The number of rotatable bonds is 3. The van der Waals surface area contributed by atoms with Crippen molar-refractivity contribution in [2.45, 2.75) is 38.3 Å². The fourth-order valence-corrected chi connectivity index (χ4v) is 2.18. The molecule has 0 aromatic carbocycles. The first-order valence-corrected chi connectivity index (χ1v) is 5.91. The van der Waals surface area contributed by atoms with Gasteiger partial charge in [0.1, 0.15) is 6.04 Å². The first-order valence-electron chi connectivity index (χ1n) is 5.91. The van der Waals surface area contributed by atoms with Crippen LogP contribution in [0.2, 0.25) is 0 Å². The lowest BCUT2D eigenvalue weighted by atomic mass is 10.00. The van der Waals surface area contributed by atoms with Gasteiger partial charge >= 0.3 is 12.0 Å². The number of carbonyl (C=O) groups excluding carboxylic acids is 3. The molecule has 7 nitrogen and oxygen atoms in total. The number of methoxy groups -OCH3 is 1. The van der Waals surface area contributed by atoms with Crippen LogP contribution >= 0.6 is 0 Å². The van der Waals surface area contributed by atoms with E-state index in [2.05, 4.69) is 0 Å². The maximum atomic E-state index is 11.7. The summed E-state index contributed by atoms with van der Waals surface area (Å²) in [7, 11) is 1.32. The molecule has 3 N–H and O–H groups in total. The second kappa shape index (κ2) is 6.34. The molecule has 0 aromatic heterocycles. The maximum Gasteiger partial charge on any atom is 0.323 e. The minimum Gasteiger partial charge on any atom is -0.468 e. The largest absolute Gasteiger partial charge is 0.468 e. The lowest BCUT2D eigenvalue weighted by Gasteiger charge is -2.37. The van der Waals surface area contributed by atoms with Crippen LogP contribution in [0, 0.1) is 0 Å². The van der Waals surface area contributed by atoms with Crippen molar-refractivity contribution in [1.29, 1.82) is 0 Å². The first-order chi connectivity index (χ1) is 8.47. The predicted molar refractivity (Wildman–Crippen MR) is 63.5 cm³/mol. The Balaban J connectivity index is 2.73. The van der Waals surface area contributed by atoms with Gasteiger partial charge in [-0.25, -0.2) is 4.79 Å². The molecule has 0 bridgehead atoms. The van der Waals surface area contributed by atoms with E-state index in [9.17, 15) is 14.4 Å². The third-order valence-corrected chi connectivity index (χ3v) is 3.14. The zero-order valence-electron chi connectivity index (χ0n) is 10.6. The molecule has 7 heteroatoms. The highest BCUT2D eigenvalue weighted by Gasteiger charge is 2.35. The second-order valence-corrected chi connectivity index (χ2v) is 4.30. The molecule has 1 heterocycles. The van der Waals surface area contributed by atoms with Gasteiger partial charge in [0.05, 0.1) is 13.2 Å². The smallest absolute Gasteiger partial charge is 0.323 e. The van der Waals surface area contributed by atoms with E-state index in [1.165, 1.54) is 7.11 Å². The molecular formula is C11H19N3O4. The van der Waals surface area contributed by atoms with Gasteiger partial charge in [0.15, 0.2) is 0 Å². The van der Waals surface area contributed by atoms with Crippen molar-refractivity contribution in [3.8, 4) is 0 Å². The number of imide groups is 1. The van der Waals surface area contributed by atoms with Crippen molar-refractivity contribution in [3.63, 3.8) is 0 Å². The molecule has 1 rings (SSSR count). The van der Waals surface area contributed by atoms with Gasteiger partial charge in [-0.2, -0.15) is 0 Å². The van der Waals surface area contributed by atoms with Crippen molar-refractivity contribution in [2.24, 2.45) is 5.73 Å². The summed E-state index contributed by atoms with van der Waals surface area (Å²) in [4.78, 5) is 35.7. The number of hydrogen-bond donors (Lipinski definition) is 2. The molecule has 1 fully saturated rings. The molecule has 18 heavy (non-hydrogen) atoms. The average Bonchev–Trinajstić information content (AvgIpc) is 2.36. The molecule has 1 aliphatic heterocycles. The Bertz CT molecular complexity index is 345. The van der Waals surface area contributed by atoms with Gasteiger partial charge in [-0.1, -0.05) is 6.42 Å². The highest BCUT2D eigenvalue weighted by atomic mass is 16.5. The van der Waals surface area contributed by atoms with Crippen LogP contribution in [-0.4, -0.2) is 48.5 Å². The van der Waals surface area contributed by atoms with Gasteiger partial charge < -0.3 is 10.5 Å². The summed E-state index contributed by atoms with van der Waals surface area (Å²) in [6.45, 7) is 2.26. The molecule has 0 spiro atoms. The van der Waals surface area contributed by atoms with Crippen LogP contribution in [0.25, 0.3) is 0 Å².